The lowest BCUT2D eigenvalue weighted by molar-refractivity contribution is 0.0826. The van der Waals surface area contributed by atoms with E-state index in [2.05, 4.69) is 24.6 Å². The highest BCUT2D eigenvalue weighted by Gasteiger charge is 2.36. The summed E-state index contributed by atoms with van der Waals surface area (Å²) >= 11 is 4.57. The van der Waals surface area contributed by atoms with Crippen molar-refractivity contribution in [3.05, 3.63) is 0 Å². The van der Waals surface area contributed by atoms with Crippen LogP contribution in [0.3, 0.4) is 0 Å². The first-order valence-electron chi connectivity index (χ1n) is 5.57. The Bertz CT molecular complexity index is 141. The molecule has 0 aromatic rings. The minimum atomic E-state index is 0.699. The van der Waals surface area contributed by atoms with Crippen LogP contribution in [-0.4, -0.2) is 30.3 Å². The van der Waals surface area contributed by atoms with Crippen molar-refractivity contribution in [2.75, 3.05) is 20.1 Å². The van der Waals surface area contributed by atoms with Gasteiger partial charge in [-0.1, -0.05) is 0 Å². The molecule has 1 nitrogen and oxygen atoms in total. The van der Waals surface area contributed by atoms with E-state index < -0.39 is 0 Å². The van der Waals surface area contributed by atoms with E-state index in [-0.39, 0.29) is 0 Å². The fourth-order valence-electron chi connectivity index (χ4n) is 2.81. The average molecular weight is 199 g/mol. The largest absolute Gasteiger partial charge is 0.306 e. The van der Waals surface area contributed by atoms with Gasteiger partial charge in [0.1, 0.15) is 0 Å². The van der Waals surface area contributed by atoms with Crippen LogP contribution < -0.4 is 0 Å². The van der Waals surface area contributed by atoms with Gasteiger partial charge in [0, 0.05) is 5.25 Å². The first kappa shape index (κ1) is 9.85. The molecule has 2 heteroatoms. The lowest BCUT2D eigenvalue weighted by atomic mass is 9.68. The maximum absolute atomic E-state index is 4.57. The molecule has 0 atom stereocenters. The van der Waals surface area contributed by atoms with Gasteiger partial charge in [-0.15, -0.1) is 0 Å². The highest BCUT2D eigenvalue weighted by atomic mass is 32.1. The summed E-state index contributed by atoms with van der Waals surface area (Å²) in [6.07, 6.45) is 8.46. The van der Waals surface area contributed by atoms with Crippen LogP contribution in [0, 0.1) is 5.41 Å². The molecule has 1 saturated heterocycles. The van der Waals surface area contributed by atoms with E-state index in [4.69, 9.17) is 0 Å². The molecule has 1 heterocycles. The second-order valence-corrected chi connectivity index (χ2v) is 5.76. The van der Waals surface area contributed by atoms with E-state index >= 15 is 0 Å². The van der Waals surface area contributed by atoms with Crippen molar-refractivity contribution >= 4 is 12.6 Å². The third kappa shape index (κ3) is 2.21. The minimum absolute atomic E-state index is 0.699. The zero-order valence-electron chi connectivity index (χ0n) is 8.63. The fraction of sp³-hybridized carbons (Fsp3) is 1.00. The van der Waals surface area contributed by atoms with Crippen molar-refractivity contribution in [3.8, 4) is 0 Å². The summed E-state index contributed by atoms with van der Waals surface area (Å²) in [7, 11) is 2.25. The standard InChI is InChI=1S/C11H21NS/c1-12-8-6-11(7-9-12)4-2-10(13)3-5-11/h10,13H,2-9H2,1H3. The normalized spacial score (nSPS) is 30.9. The first-order chi connectivity index (χ1) is 6.20. The van der Waals surface area contributed by atoms with Gasteiger partial charge in [0.25, 0.3) is 0 Å². The molecule has 0 aromatic carbocycles. The SMILES string of the molecule is CN1CCC2(CCC(S)CC2)CC1. The van der Waals surface area contributed by atoms with Crippen LogP contribution in [0.25, 0.3) is 0 Å². The Labute approximate surface area is 87.3 Å². The average Bonchev–Trinajstić information content (AvgIpc) is 2.16. The summed E-state index contributed by atoms with van der Waals surface area (Å²) in [5, 5.41) is 0.699. The van der Waals surface area contributed by atoms with Crippen LogP contribution in [0.1, 0.15) is 38.5 Å². The summed E-state index contributed by atoms with van der Waals surface area (Å²) in [4.78, 5) is 2.47. The third-order valence-corrected chi connectivity index (χ3v) is 4.58. The van der Waals surface area contributed by atoms with Crippen molar-refractivity contribution in [2.45, 2.75) is 43.8 Å². The predicted molar refractivity (Wildman–Crippen MR) is 60.4 cm³/mol. The van der Waals surface area contributed by atoms with E-state index in [9.17, 15) is 0 Å². The second kappa shape index (κ2) is 3.82. The van der Waals surface area contributed by atoms with E-state index in [1.54, 1.807) is 0 Å². The van der Waals surface area contributed by atoms with Gasteiger partial charge >= 0.3 is 0 Å². The molecule has 1 aliphatic heterocycles. The molecule has 0 radical (unpaired) electrons. The zero-order chi connectivity index (χ0) is 9.31. The quantitative estimate of drug-likeness (QED) is 0.587. The molecular weight excluding hydrogens is 178 g/mol. The Morgan fingerprint density at radius 2 is 1.62 bits per heavy atom. The van der Waals surface area contributed by atoms with Crippen molar-refractivity contribution < 1.29 is 0 Å². The maximum Gasteiger partial charge on any atom is 0.00172 e. The molecule has 0 unspecified atom stereocenters. The zero-order valence-corrected chi connectivity index (χ0v) is 9.52. The molecule has 0 N–H and O–H groups in total. The predicted octanol–water partition coefficient (Wildman–Crippen LogP) is 2.57. The van der Waals surface area contributed by atoms with Gasteiger partial charge < -0.3 is 4.90 Å². The molecule has 0 aromatic heterocycles. The number of piperidine rings is 1. The molecule has 1 saturated carbocycles. The number of nitrogens with zero attached hydrogens (tertiary/aromatic N) is 1. The fourth-order valence-corrected chi connectivity index (χ4v) is 3.07. The summed E-state index contributed by atoms with van der Waals surface area (Å²) < 4.78 is 0. The van der Waals surface area contributed by atoms with E-state index in [1.165, 1.54) is 51.6 Å². The third-order valence-electron chi connectivity index (χ3n) is 4.06. The highest BCUT2D eigenvalue weighted by molar-refractivity contribution is 7.80. The second-order valence-electron chi connectivity index (χ2n) is 5.03. The Hall–Kier alpha value is 0.310. The van der Waals surface area contributed by atoms with Crippen molar-refractivity contribution in [1.29, 1.82) is 0 Å². The van der Waals surface area contributed by atoms with Crippen LogP contribution in [0.15, 0.2) is 0 Å². The maximum atomic E-state index is 4.57. The molecule has 13 heavy (non-hydrogen) atoms. The van der Waals surface area contributed by atoms with Crippen LogP contribution >= 0.6 is 12.6 Å². The van der Waals surface area contributed by atoms with E-state index in [0.717, 1.165) is 5.41 Å². The van der Waals surface area contributed by atoms with Gasteiger partial charge in [0.05, 0.1) is 0 Å². The molecule has 2 fully saturated rings. The van der Waals surface area contributed by atoms with Gasteiger partial charge in [0.15, 0.2) is 0 Å². The van der Waals surface area contributed by atoms with E-state index in [0.29, 0.717) is 5.25 Å². The summed E-state index contributed by atoms with van der Waals surface area (Å²) in [5.41, 5.74) is 0.728. The van der Waals surface area contributed by atoms with Gasteiger partial charge in [-0.2, -0.15) is 12.6 Å². The van der Waals surface area contributed by atoms with Gasteiger partial charge in [-0.3, -0.25) is 0 Å². The van der Waals surface area contributed by atoms with Crippen molar-refractivity contribution in [3.63, 3.8) is 0 Å². The Balaban J connectivity index is 1.90. The lowest BCUT2D eigenvalue weighted by Crippen LogP contribution is -2.40. The molecular formula is C11H21NS. The van der Waals surface area contributed by atoms with Crippen LogP contribution in [-0.2, 0) is 0 Å². The molecule has 0 bridgehead atoms. The monoisotopic (exact) mass is 199 g/mol. The molecule has 1 aliphatic carbocycles. The summed E-state index contributed by atoms with van der Waals surface area (Å²) in [5.74, 6) is 0. The van der Waals surface area contributed by atoms with Crippen molar-refractivity contribution in [2.24, 2.45) is 5.41 Å². The number of likely N-dealkylation sites (tertiary alicyclic amines) is 1. The molecule has 2 aliphatic rings. The Morgan fingerprint density at radius 3 is 2.15 bits per heavy atom. The van der Waals surface area contributed by atoms with Crippen LogP contribution in [0.2, 0.25) is 0 Å². The number of hydrogen-bond donors (Lipinski definition) is 1. The highest BCUT2D eigenvalue weighted by Crippen LogP contribution is 2.45. The Kier molecular flexibility index (Phi) is 2.89. The minimum Gasteiger partial charge on any atom is -0.306 e. The lowest BCUT2D eigenvalue weighted by Gasteiger charge is -2.44. The smallest absolute Gasteiger partial charge is 0.00172 e. The van der Waals surface area contributed by atoms with Crippen LogP contribution in [0.4, 0.5) is 0 Å². The van der Waals surface area contributed by atoms with Crippen LogP contribution in [0.5, 0.6) is 0 Å². The topological polar surface area (TPSA) is 3.24 Å². The van der Waals surface area contributed by atoms with Gasteiger partial charge in [-0.25, -0.2) is 0 Å². The molecule has 2 rings (SSSR count). The first-order valence-corrected chi connectivity index (χ1v) is 6.08. The Morgan fingerprint density at radius 1 is 1.08 bits per heavy atom. The van der Waals surface area contributed by atoms with Gasteiger partial charge in [0.2, 0.25) is 0 Å². The summed E-state index contributed by atoms with van der Waals surface area (Å²) in [6, 6.07) is 0. The molecule has 76 valence electrons. The number of hydrogen-bond acceptors (Lipinski definition) is 2. The van der Waals surface area contributed by atoms with Gasteiger partial charge in [-0.05, 0) is 64.1 Å². The van der Waals surface area contributed by atoms with Crippen molar-refractivity contribution in [1.82, 2.24) is 4.90 Å². The molecule has 1 spiro atoms. The number of rotatable bonds is 0. The van der Waals surface area contributed by atoms with E-state index in [1.807, 2.05) is 0 Å². The molecule has 0 amide bonds. The number of thiol groups is 1. The summed E-state index contributed by atoms with van der Waals surface area (Å²) in [6.45, 7) is 2.63.